The third kappa shape index (κ3) is 1.01. The van der Waals surface area contributed by atoms with Crippen LogP contribution in [0.15, 0.2) is 29.2 Å². The second-order valence-corrected chi connectivity index (χ2v) is 4.33. The number of nitrogens with zero attached hydrogens (tertiary/aromatic N) is 2. The van der Waals surface area contributed by atoms with Crippen molar-refractivity contribution in [3.63, 3.8) is 0 Å². The van der Waals surface area contributed by atoms with E-state index in [9.17, 15) is 18.5 Å². The Morgan fingerprint density at radius 1 is 1.36 bits per heavy atom. The lowest BCUT2D eigenvalue weighted by atomic mass is 10.3. The van der Waals surface area contributed by atoms with E-state index < -0.39 is 15.1 Å². The Kier molecular flexibility index (Phi) is 1.61. The molecule has 0 aromatic heterocycles. The Hall–Kier alpha value is -1.83. The summed E-state index contributed by atoms with van der Waals surface area (Å²) in [5, 5.41) is 9.36. The van der Waals surface area contributed by atoms with Crippen LogP contribution in [0, 0.1) is 10.1 Å². The molecule has 2 rings (SSSR count). The molecule has 0 saturated carbocycles. The number of rotatable bonds is 1. The van der Waals surface area contributed by atoms with E-state index >= 15 is 0 Å². The van der Waals surface area contributed by atoms with Gasteiger partial charge in [-0.3, -0.25) is 0 Å². The highest BCUT2D eigenvalue weighted by Crippen LogP contribution is 2.30. The zero-order chi connectivity index (χ0) is 10.3. The molecule has 1 aliphatic rings. The zero-order valence-electron chi connectivity index (χ0n) is 6.75. The number of nitrogens with one attached hydrogen (secondary N) is 1. The fourth-order valence-electron chi connectivity index (χ4n) is 1.17. The maximum Gasteiger partial charge on any atom is 0.337 e. The van der Waals surface area contributed by atoms with Crippen LogP contribution in [0.5, 0.6) is 0 Å². The van der Waals surface area contributed by atoms with Gasteiger partial charge in [-0.1, -0.05) is 12.1 Å². The molecule has 0 bridgehead atoms. The van der Waals surface area contributed by atoms with Gasteiger partial charge in [-0.25, -0.2) is 15.5 Å². The molecular weight excluding hydrogens is 210 g/mol. The highest BCUT2D eigenvalue weighted by atomic mass is 32.2. The third-order valence-corrected chi connectivity index (χ3v) is 3.35. The number of anilines is 1. The fraction of sp³-hybridized carbons (Fsp3) is 0. The summed E-state index contributed by atoms with van der Waals surface area (Å²) >= 11 is 0. The molecule has 14 heavy (non-hydrogen) atoms. The molecule has 0 saturated heterocycles. The molecule has 1 heterocycles. The molecule has 1 N–H and O–H groups in total. The average molecular weight is 215 g/mol. The van der Waals surface area contributed by atoms with E-state index in [1.54, 1.807) is 6.07 Å². The molecule has 1 aromatic rings. The molecule has 0 amide bonds. The molecule has 0 spiro atoms. The molecule has 0 radical (unpaired) electrons. The summed E-state index contributed by atoms with van der Waals surface area (Å²) in [4.78, 5) is 10.3. The summed E-state index contributed by atoms with van der Waals surface area (Å²) in [5.74, 6) is 0. The minimum atomic E-state index is -4.02. The Morgan fingerprint density at radius 2 is 2.00 bits per heavy atom. The lowest BCUT2D eigenvalue weighted by Gasteiger charge is -2.03. The number of benzene rings is 1. The molecule has 7 nitrogen and oxygen atoms in total. The summed E-state index contributed by atoms with van der Waals surface area (Å²) in [6, 6.07) is 5.85. The Bertz CT molecular complexity index is 498. The van der Waals surface area contributed by atoms with E-state index in [1.165, 1.54) is 18.2 Å². The van der Waals surface area contributed by atoms with Crippen molar-refractivity contribution in [3.05, 3.63) is 34.4 Å². The Balaban J connectivity index is 2.62. The minimum Gasteiger partial charge on any atom is -0.232 e. The Labute approximate surface area is 79.1 Å². The van der Waals surface area contributed by atoms with Gasteiger partial charge in [-0.05, 0) is 12.1 Å². The molecule has 0 atom stereocenters. The van der Waals surface area contributed by atoms with Crippen LogP contribution >= 0.6 is 0 Å². The van der Waals surface area contributed by atoms with Crippen molar-refractivity contribution in [2.75, 3.05) is 5.43 Å². The van der Waals surface area contributed by atoms with Crippen LogP contribution in [0.3, 0.4) is 0 Å². The smallest absolute Gasteiger partial charge is 0.232 e. The third-order valence-electron chi connectivity index (χ3n) is 1.76. The van der Waals surface area contributed by atoms with E-state index in [1.807, 2.05) is 0 Å². The lowest BCUT2D eigenvalue weighted by molar-refractivity contribution is -0.612. The van der Waals surface area contributed by atoms with Gasteiger partial charge >= 0.3 is 10.0 Å². The van der Waals surface area contributed by atoms with Crippen molar-refractivity contribution in [2.45, 2.75) is 4.90 Å². The van der Waals surface area contributed by atoms with Crippen LogP contribution in [0.1, 0.15) is 0 Å². The summed E-state index contributed by atoms with van der Waals surface area (Å²) in [6.45, 7) is 0. The maximum atomic E-state index is 11.4. The second-order valence-electron chi connectivity index (χ2n) is 2.59. The highest BCUT2D eigenvalue weighted by molar-refractivity contribution is 7.89. The zero-order valence-corrected chi connectivity index (χ0v) is 7.56. The lowest BCUT2D eigenvalue weighted by Crippen LogP contribution is -2.35. The van der Waals surface area contributed by atoms with Gasteiger partial charge in [0.05, 0.1) is 10.2 Å². The summed E-state index contributed by atoms with van der Waals surface area (Å²) < 4.78 is 22.9. The number of hydrogen-bond donors (Lipinski definition) is 1. The van der Waals surface area contributed by atoms with E-state index in [0.717, 1.165) is 0 Å². The molecular formula is C6H5N3O4S. The Morgan fingerprint density at radius 3 is 2.57 bits per heavy atom. The normalized spacial score (nSPS) is 17.3. The molecule has 8 heteroatoms. The van der Waals surface area contributed by atoms with Crippen molar-refractivity contribution in [1.29, 1.82) is 0 Å². The van der Waals surface area contributed by atoms with E-state index in [2.05, 4.69) is 5.43 Å². The van der Waals surface area contributed by atoms with Crippen molar-refractivity contribution < 1.29 is 13.5 Å². The average Bonchev–Trinajstić information content (AvgIpc) is 2.39. The number of sulfonamides is 1. The van der Waals surface area contributed by atoms with Crippen molar-refractivity contribution >= 4 is 15.7 Å². The van der Waals surface area contributed by atoms with Crippen LogP contribution in [-0.2, 0) is 10.0 Å². The first kappa shape index (κ1) is 8.75. The summed E-state index contributed by atoms with van der Waals surface area (Å²) in [6.07, 6.45) is 0. The quantitative estimate of drug-likeness (QED) is 0.534. The van der Waals surface area contributed by atoms with Gasteiger partial charge in [0.2, 0.25) is 0 Å². The van der Waals surface area contributed by atoms with Gasteiger partial charge in [0.1, 0.15) is 4.90 Å². The van der Waals surface area contributed by atoms with E-state index in [0.29, 0.717) is 0 Å². The van der Waals surface area contributed by atoms with Crippen LogP contribution in [0.4, 0.5) is 5.69 Å². The highest BCUT2D eigenvalue weighted by Gasteiger charge is 2.41. The van der Waals surface area contributed by atoms with Crippen LogP contribution in [-0.4, -0.2) is 18.0 Å². The largest absolute Gasteiger partial charge is 0.337 e. The number of fused-ring (bicyclic) bond motifs is 1. The molecule has 0 fully saturated rings. The minimum absolute atomic E-state index is 0.00231. The molecule has 0 aliphatic carbocycles. The van der Waals surface area contributed by atoms with Crippen LogP contribution in [0.2, 0.25) is 0 Å². The molecule has 1 aliphatic heterocycles. The van der Waals surface area contributed by atoms with E-state index in [-0.39, 0.29) is 15.1 Å². The maximum absolute atomic E-state index is 11.4. The van der Waals surface area contributed by atoms with Crippen molar-refractivity contribution in [1.82, 2.24) is 4.52 Å². The van der Waals surface area contributed by atoms with Crippen molar-refractivity contribution in [2.24, 2.45) is 0 Å². The first-order chi connectivity index (χ1) is 6.53. The van der Waals surface area contributed by atoms with Gasteiger partial charge in [0, 0.05) is 0 Å². The topological polar surface area (TPSA) is 92.6 Å². The predicted molar refractivity (Wildman–Crippen MR) is 46.1 cm³/mol. The monoisotopic (exact) mass is 215 g/mol. The van der Waals surface area contributed by atoms with Gasteiger partial charge in [0.25, 0.3) is 0 Å². The first-order valence-corrected chi connectivity index (χ1v) is 5.03. The second kappa shape index (κ2) is 2.58. The molecule has 1 aromatic carbocycles. The van der Waals surface area contributed by atoms with Gasteiger partial charge in [-0.2, -0.15) is 8.42 Å². The molecule has 0 unspecified atom stereocenters. The standard InChI is InChI=1S/C6H5N3O4S/c10-9(11)8-7-5-3-1-2-4-6(5)14(8,12)13/h1-4,7H. The number of hydrogen-bond acceptors (Lipinski definition) is 5. The van der Waals surface area contributed by atoms with Gasteiger partial charge in [0.15, 0.2) is 5.03 Å². The summed E-state index contributed by atoms with van der Waals surface area (Å²) in [5.41, 5.74) is 2.38. The van der Waals surface area contributed by atoms with Crippen LogP contribution in [0.25, 0.3) is 0 Å². The first-order valence-electron chi connectivity index (χ1n) is 3.59. The predicted octanol–water partition coefficient (Wildman–Crippen LogP) is 0.209. The summed E-state index contributed by atoms with van der Waals surface area (Å²) in [7, 11) is -4.02. The number of hydrazine groups is 2. The van der Waals surface area contributed by atoms with Gasteiger partial charge < -0.3 is 0 Å². The van der Waals surface area contributed by atoms with Crippen LogP contribution < -0.4 is 5.43 Å². The van der Waals surface area contributed by atoms with Crippen molar-refractivity contribution in [3.8, 4) is 0 Å². The number of para-hydroxylation sites is 1. The van der Waals surface area contributed by atoms with Gasteiger partial charge in [-0.15, -0.1) is 0 Å². The van der Waals surface area contributed by atoms with E-state index in [4.69, 9.17) is 0 Å². The molecule has 74 valence electrons. The fourth-order valence-corrected chi connectivity index (χ4v) is 2.39. The SMILES string of the molecule is O=[N+]([O-])N1Nc2ccccc2S1(=O)=O. The number of nitro groups is 1.